The molecule has 2 aromatic rings. The zero-order valence-electron chi connectivity index (χ0n) is 9.67. The summed E-state index contributed by atoms with van der Waals surface area (Å²) in [5.41, 5.74) is 2.32. The molecule has 0 N–H and O–H groups in total. The molecule has 0 radical (unpaired) electrons. The molecule has 0 aliphatic carbocycles. The number of rotatable bonds is 3. The summed E-state index contributed by atoms with van der Waals surface area (Å²) in [6.07, 6.45) is 7.00. The Hall–Kier alpha value is -2.29. The number of nitrogens with zero attached hydrogens (tertiary/aromatic N) is 3. The van der Waals surface area contributed by atoms with Crippen molar-refractivity contribution in [2.45, 2.75) is 6.92 Å². The van der Waals surface area contributed by atoms with Gasteiger partial charge in [-0.15, -0.1) is 0 Å². The highest BCUT2D eigenvalue weighted by Crippen LogP contribution is 2.17. The van der Waals surface area contributed by atoms with Gasteiger partial charge in [-0.1, -0.05) is 12.7 Å². The van der Waals surface area contributed by atoms with E-state index < -0.39 is 0 Å². The first-order chi connectivity index (χ1) is 8.35. The molecule has 0 bridgehead atoms. The molecule has 0 fully saturated rings. The Bertz CT molecular complexity index is 597. The fraction of sp³-hybridized carbons (Fsp3) is 0.0714. The third kappa shape index (κ3) is 2.45. The fourth-order valence-corrected chi connectivity index (χ4v) is 1.54. The van der Waals surface area contributed by atoms with Crippen LogP contribution < -0.4 is 0 Å². The molecule has 0 atom stereocenters. The molecule has 2 aromatic heterocycles. The lowest BCUT2D eigenvalue weighted by atomic mass is 10.2. The average Bonchev–Trinajstić information content (AvgIpc) is 2.38. The Labute approximate surface area is 100 Å². The highest BCUT2D eigenvalue weighted by Gasteiger charge is 2.02. The van der Waals surface area contributed by atoms with E-state index >= 15 is 0 Å². The van der Waals surface area contributed by atoms with Gasteiger partial charge in [0.05, 0.1) is 11.4 Å². The predicted octanol–water partition coefficient (Wildman–Crippen LogP) is 3.25. The Morgan fingerprint density at radius 1 is 1.35 bits per heavy atom. The first kappa shape index (κ1) is 11.2. The molecule has 84 valence electrons. The van der Waals surface area contributed by atoms with E-state index in [-0.39, 0.29) is 0 Å². The SMILES string of the molecule is C=C/C=C(\N=CC)c1ccc2cccnc2n1. The molecule has 0 aliphatic rings. The number of hydrogen-bond acceptors (Lipinski definition) is 3. The molecule has 2 heterocycles. The lowest BCUT2D eigenvalue weighted by Crippen LogP contribution is -1.90. The molecule has 0 spiro atoms. The van der Waals surface area contributed by atoms with Crippen LogP contribution in [0.15, 0.2) is 54.2 Å². The van der Waals surface area contributed by atoms with Gasteiger partial charge < -0.3 is 0 Å². The van der Waals surface area contributed by atoms with Crippen molar-refractivity contribution >= 4 is 22.9 Å². The number of allylic oxidation sites excluding steroid dienone is 2. The zero-order valence-corrected chi connectivity index (χ0v) is 9.67. The highest BCUT2D eigenvalue weighted by molar-refractivity contribution is 5.79. The van der Waals surface area contributed by atoms with E-state index in [9.17, 15) is 0 Å². The molecular formula is C14H13N3. The maximum atomic E-state index is 4.47. The van der Waals surface area contributed by atoms with Crippen LogP contribution in [-0.2, 0) is 0 Å². The van der Waals surface area contributed by atoms with E-state index in [1.165, 1.54) is 0 Å². The van der Waals surface area contributed by atoms with Crippen molar-refractivity contribution in [3.8, 4) is 0 Å². The number of hydrogen-bond donors (Lipinski definition) is 0. The van der Waals surface area contributed by atoms with E-state index in [4.69, 9.17) is 0 Å². The summed E-state index contributed by atoms with van der Waals surface area (Å²) in [6, 6.07) is 7.81. The Morgan fingerprint density at radius 3 is 3.00 bits per heavy atom. The van der Waals surface area contributed by atoms with Crippen LogP contribution in [0.3, 0.4) is 0 Å². The lowest BCUT2D eigenvalue weighted by molar-refractivity contribution is 1.24. The van der Waals surface area contributed by atoms with Crippen LogP contribution in [0, 0.1) is 0 Å². The van der Waals surface area contributed by atoms with Gasteiger partial charge in [0.1, 0.15) is 0 Å². The second-order valence-electron chi connectivity index (χ2n) is 3.42. The molecule has 3 heteroatoms. The summed E-state index contributed by atoms with van der Waals surface area (Å²) in [5, 5.41) is 1.02. The molecule has 17 heavy (non-hydrogen) atoms. The molecular weight excluding hydrogens is 210 g/mol. The summed E-state index contributed by atoms with van der Waals surface area (Å²) >= 11 is 0. The topological polar surface area (TPSA) is 38.1 Å². The summed E-state index contributed by atoms with van der Waals surface area (Å²) in [6.45, 7) is 5.55. The summed E-state index contributed by atoms with van der Waals surface area (Å²) in [5.74, 6) is 0. The van der Waals surface area contributed by atoms with Gasteiger partial charge in [-0.2, -0.15) is 0 Å². The monoisotopic (exact) mass is 223 g/mol. The summed E-state index contributed by atoms with van der Waals surface area (Å²) in [4.78, 5) is 13.0. The molecule has 0 saturated heterocycles. The largest absolute Gasteiger partial charge is 0.259 e. The standard InChI is InChI=1S/C14H13N3/c1-3-6-12(15-4-2)13-9-8-11-7-5-10-16-14(11)17-13/h3-10H,1H2,2H3/b12-6-,15-4?. The maximum absolute atomic E-state index is 4.47. The maximum Gasteiger partial charge on any atom is 0.159 e. The average molecular weight is 223 g/mol. The van der Waals surface area contributed by atoms with Gasteiger partial charge in [-0.3, -0.25) is 4.99 Å². The molecule has 0 unspecified atom stereocenters. The van der Waals surface area contributed by atoms with Crippen LogP contribution in [0.1, 0.15) is 12.6 Å². The van der Waals surface area contributed by atoms with E-state index in [1.54, 1.807) is 18.5 Å². The third-order valence-electron chi connectivity index (χ3n) is 2.27. The minimum Gasteiger partial charge on any atom is -0.259 e. The molecule has 2 rings (SSSR count). The highest BCUT2D eigenvalue weighted by atomic mass is 14.9. The number of pyridine rings is 2. The Balaban J connectivity index is 2.54. The zero-order chi connectivity index (χ0) is 12.1. The quantitative estimate of drug-likeness (QED) is 0.591. The van der Waals surface area contributed by atoms with Gasteiger partial charge in [0.25, 0.3) is 0 Å². The van der Waals surface area contributed by atoms with Crippen molar-refractivity contribution in [3.05, 3.63) is 54.9 Å². The number of fused-ring (bicyclic) bond motifs is 1. The van der Waals surface area contributed by atoms with E-state index in [0.29, 0.717) is 0 Å². The first-order valence-corrected chi connectivity index (χ1v) is 5.38. The van der Waals surface area contributed by atoms with Crippen molar-refractivity contribution in [3.63, 3.8) is 0 Å². The van der Waals surface area contributed by atoms with Gasteiger partial charge >= 0.3 is 0 Å². The first-order valence-electron chi connectivity index (χ1n) is 5.38. The van der Waals surface area contributed by atoms with Gasteiger partial charge in [0.2, 0.25) is 0 Å². The lowest BCUT2D eigenvalue weighted by Gasteiger charge is -2.02. The second-order valence-corrected chi connectivity index (χ2v) is 3.42. The molecule has 0 amide bonds. The van der Waals surface area contributed by atoms with Gasteiger partial charge in [-0.05, 0) is 37.3 Å². The van der Waals surface area contributed by atoms with Crippen LogP contribution in [0.2, 0.25) is 0 Å². The van der Waals surface area contributed by atoms with Crippen LogP contribution >= 0.6 is 0 Å². The smallest absolute Gasteiger partial charge is 0.159 e. The molecule has 3 nitrogen and oxygen atoms in total. The van der Waals surface area contributed by atoms with Crippen molar-refractivity contribution in [1.29, 1.82) is 0 Å². The predicted molar refractivity (Wildman–Crippen MR) is 71.9 cm³/mol. The van der Waals surface area contributed by atoms with Gasteiger partial charge in [-0.25, -0.2) is 9.97 Å². The minimum atomic E-state index is 0.728. The van der Waals surface area contributed by atoms with Crippen LogP contribution in [0.5, 0.6) is 0 Å². The minimum absolute atomic E-state index is 0.728. The van der Waals surface area contributed by atoms with E-state index in [2.05, 4.69) is 21.5 Å². The van der Waals surface area contributed by atoms with E-state index in [1.807, 2.05) is 37.3 Å². The Morgan fingerprint density at radius 2 is 2.24 bits per heavy atom. The van der Waals surface area contributed by atoms with Gasteiger partial charge in [0, 0.05) is 17.8 Å². The van der Waals surface area contributed by atoms with Crippen LogP contribution in [-0.4, -0.2) is 16.2 Å². The molecule has 0 saturated carbocycles. The number of aromatic nitrogens is 2. The summed E-state index contributed by atoms with van der Waals surface area (Å²) in [7, 11) is 0. The van der Waals surface area contributed by atoms with Crippen LogP contribution in [0.4, 0.5) is 0 Å². The van der Waals surface area contributed by atoms with Crippen molar-refractivity contribution in [1.82, 2.24) is 9.97 Å². The third-order valence-corrected chi connectivity index (χ3v) is 2.27. The molecule has 0 aliphatic heterocycles. The summed E-state index contributed by atoms with van der Waals surface area (Å²) < 4.78 is 0. The van der Waals surface area contributed by atoms with Gasteiger partial charge in [0.15, 0.2) is 5.65 Å². The Kier molecular flexibility index (Phi) is 3.40. The van der Waals surface area contributed by atoms with Crippen molar-refractivity contribution < 1.29 is 0 Å². The second kappa shape index (κ2) is 5.16. The fourth-order valence-electron chi connectivity index (χ4n) is 1.54. The normalized spacial score (nSPS) is 12.2. The van der Waals surface area contributed by atoms with E-state index in [0.717, 1.165) is 22.4 Å². The molecule has 0 aromatic carbocycles. The van der Waals surface area contributed by atoms with Crippen LogP contribution in [0.25, 0.3) is 16.7 Å². The number of aliphatic imine (C=N–C) groups is 1. The van der Waals surface area contributed by atoms with Crippen molar-refractivity contribution in [2.75, 3.05) is 0 Å². The van der Waals surface area contributed by atoms with Crippen molar-refractivity contribution in [2.24, 2.45) is 4.99 Å².